The second kappa shape index (κ2) is 4.91. The van der Waals surface area contributed by atoms with E-state index in [4.69, 9.17) is 0 Å². The highest BCUT2D eigenvalue weighted by Gasteiger charge is 2.77. The number of anilines is 1. The Kier molecular flexibility index (Phi) is 3.97. The maximum Gasteiger partial charge on any atom is 0.441 e. The van der Waals surface area contributed by atoms with Crippen molar-refractivity contribution >= 4 is 11.6 Å². The van der Waals surface area contributed by atoms with Gasteiger partial charge >= 0.3 is 18.0 Å². The van der Waals surface area contributed by atoms with Crippen LogP contribution in [-0.2, 0) is 4.79 Å². The lowest BCUT2D eigenvalue weighted by Crippen LogP contribution is -2.61. The van der Waals surface area contributed by atoms with Crippen LogP contribution in [0, 0.1) is 5.82 Å². The summed E-state index contributed by atoms with van der Waals surface area (Å²) in [6.07, 6.45) is -13.1. The van der Waals surface area contributed by atoms with Crippen molar-refractivity contribution in [1.82, 2.24) is 0 Å². The van der Waals surface area contributed by atoms with Gasteiger partial charge < -0.3 is 5.32 Å². The van der Waals surface area contributed by atoms with Gasteiger partial charge in [0.1, 0.15) is 5.82 Å². The molecule has 0 aliphatic heterocycles. The summed E-state index contributed by atoms with van der Waals surface area (Å²) in [4.78, 5) is 11.0. The highest BCUT2D eigenvalue weighted by Crippen LogP contribution is 2.46. The average Bonchev–Trinajstić information content (AvgIpc) is 2.28. The molecule has 1 N–H and O–H groups in total. The molecule has 1 aromatic rings. The van der Waals surface area contributed by atoms with Gasteiger partial charge in [-0.15, -0.1) is 0 Å². The Labute approximate surface area is 106 Å². The van der Waals surface area contributed by atoms with E-state index in [1.54, 1.807) is 0 Å². The maximum atomic E-state index is 13.2. The third-order valence-electron chi connectivity index (χ3n) is 2.22. The van der Waals surface area contributed by atoms with Crippen LogP contribution in [0.3, 0.4) is 0 Å². The van der Waals surface area contributed by atoms with E-state index in [1.165, 1.54) is 0 Å². The number of carbonyl (C=O) groups is 1. The molecule has 2 nitrogen and oxygen atoms in total. The van der Waals surface area contributed by atoms with Crippen molar-refractivity contribution in [2.45, 2.75) is 18.0 Å². The number of halogens is 8. The zero-order valence-electron chi connectivity index (χ0n) is 9.24. The summed E-state index contributed by atoms with van der Waals surface area (Å²) >= 11 is 0. The Morgan fingerprint density at radius 2 is 1.35 bits per heavy atom. The van der Waals surface area contributed by atoms with E-state index in [-0.39, 0.29) is 0 Å². The number of para-hydroxylation sites is 1. The topological polar surface area (TPSA) is 29.1 Å². The molecule has 0 radical (unpaired) electrons. The van der Waals surface area contributed by atoms with Gasteiger partial charge in [-0.05, 0) is 12.1 Å². The van der Waals surface area contributed by atoms with Gasteiger partial charge in [0.2, 0.25) is 0 Å². The molecule has 0 aliphatic rings. The van der Waals surface area contributed by atoms with E-state index in [9.17, 15) is 39.9 Å². The molecular formula is C10H5F8NO. The van der Waals surface area contributed by atoms with E-state index in [2.05, 4.69) is 0 Å². The van der Waals surface area contributed by atoms with Crippen LogP contribution in [0.4, 0.5) is 40.8 Å². The minimum absolute atomic E-state index is 0.663. The fourth-order valence-corrected chi connectivity index (χ4v) is 1.19. The Morgan fingerprint density at radius 1 is 0.900 bits per heavy atom. The zero-order valence-corrected chi connectivity index (χ0v) is 9.24. The third kappa shape index (κ3) is 2.68. The standard InChI is InChI=1S/C10H5F8NO/c11-5-3-1-2-4-6(5)19-7(20)8(12,9(13,14)15)10(16,17)18/h1-4H,(H,19,20). The van der Waals surface area contributed by atoms with Crippen LogP contribution in [-0.4, -0.2) is 23.9 Å². The first-order valence-electron chi connectivity index (χ1n) is 4.79. The molecule has 1 rings (SSSR count). The molecule has 1 amide bonds. The monoisotopic (exact) mass is 307 g/mol. The van der Waals surface area contributed by atoms with Gasteiger partial charge in [0.05, 0.1) is 5.69 Å². The van der Waals surface area contributed by atoms with E-state index in [0.717, 1.165) is 17.4 Å². The maximum absolute atomic E-state index is 13.2. The molecule has 0 spiro atoms. The predicted molar refractivity (Wildman–Crippen MR) is 51.0 cm³/mol. The number of amides is 1. The number of nitrogens with one attached hydrogen (secondary N) is 1. The molecule has 1 aromatic carbocycles. The quantitative estimate of drug-likeness (QED) is 0.831. The second-order valence-electron chi connectivity index (χ2n) is 3.59. The van der Waals surface area contributed by atoms with Gasteiger partial charge in [-0.25, -0.2) is 8.78 Å². The summed E-state index contributed by atoms with van der Waals surface area (Å²) in [5, 5.41) is 0.935. The summed E-state index contributed by atoms with van der Waals surface area (Å²) in [5.41, 5.74) is -7.14. The first-order chi connectivity index (χ1) is 8.91. The van der Waals surface area contributed by atoms with Crippen LogP contribution in [0.25, 0.3) is 0 Å². The molecule has 0 saturated carbocycles. The van der Waals surface area contributed by atoms with Crippen molar-refractivity contribution in [3.8, 4) is 0 Å². The number of hydrogen-bond donors (Lipinski definition) is 1. The molecule has 0 heterocycles. The summed E-state index contributed by atoms with van der Waals surface area (Å²) in [5.74, 6) is -4.38. The van der Waals surface area contributed by atoms with E-state index >= 15 is 0 Å². The van der Waals surface area contributed by atoms with Gasteiger partial charge in [0.25, 0.3) is 5.91 Å². The smallest absolute Gasteiger partial charge is 0.320 e. The lowest BCUT2D eigenvalue weighted by molar-refractivity contribution is -0.324. The molecule has 0 aliphatic carbocycles. The number of alkyl halides is 7. The Morgan fingerprint density at radius 3 is 1.75 bits per heavy atom. The van der Waals surface area contributed by atoms with Gasteiger partial charge in [-0.3, -0.25) is 4.79 Å². The fourth-order valence-electron chi connectivity index (χ4n) is 1.19. The highest BCUT2D eigenvalue weighted by atomic mass is 19.4. The van der Waals surface area contributed by atoms with Crippen molar-refractivity contribution in [1.29, 1.82) is 0 Å². The number of hydrogen-bond acceptors (Lipinski definition) is 1. The van der Waals surface area contributed by atoms with Crippen molar-refractivity contribution in [3.05, 3.63) is 30.1 Å². The molecule has 0 fully saturated rings. The number of rotatable bonds is 2. The van der Waals surface area contributed by atoms with Crippen LogP contribution < -0.4 is 5.32 Å². The first kappa shape index (κ1) is 16.2. The molecule has 0 unspecified atom stereocenters. The van der Waals surface area contributed by atoms with Crippen LogP contribution in [0.15, 0.2) is 24.3 Å². The summed E-state index contributed by atoms with van der Waals surface area (Å²) in [7, 11) is 0. The molecule has 0 atom stereocenters. The van der Waals surface area contributed by atoms with Crippen molar-refractivity contribution in [2.24, 2.45) is 0 Å². The highest BCUT2D eigenvalue weighted by molar-refractivity contribution is 5.98. The molecule has 0 aromatic heterocycles. The number of benzene rings is 1. The van der Waals surface area contributed by atoms with E-state index < -0.39 is 35.4 Å². The minimum atomic E-state index is -6.54. The molecule has 10 heteroatoms. The Balaban J connectivity index is 3.19. The van der Waals surface area contributed by atoms with Gasteiger partial charge in [-0.2, -0.15) is 26.3 Å². The van der Waals surface area contributed by atoms with Crippen molar-refractivity contribution in [2.75, 3.05) is 5.32 Å². The lowest BCUT2D eigenvalue weighted by Gasteiger charge is -2.28. The van der Waals surface area contributed by atoms with Gasteiger partial charge in [0, 0.05) is 0 Å². The van der Waals surface area contributed by atoms with Crippen LogP contribution in [0.5, 0.6) is 0 Å². The average molecular weight is 307 g/mol. The first-order valence-corrected chi connectivity index (χ1v) is 4.79. The van der Waals surface area contributed by atoms with E-state index in [0.29, 0.717) is 12.1 Å². The van der Waals surface area contributed by atoms with Crippen LogP contribution >= 0.6 is 0 Å². The third-order valence-corrected chi connectivity index (χ3v) is 2.22. The minimum Gasteiger partial charge on any atom is -0.320 e. The normalized spacial score (nSPS) is 13.2. The van der Waals surface area contributed by atoms with Crippen LogP contribution in [0.1, 0.15) is 0 Å². The second-order valence-corrected chi connectivity index (χ2v) is 3.59. The summed E-state index contributed by atoms with van der Waals surface area (Å²) in [6, 6.07) is 3.44. The lowest BCUT2D eigenvalue weighted by atomic mass is 10.0. The Bertz CT molecular complexity index is 493. The predicted octanol–water partition coefficient (Wildman–Crippen LogP) is 3.60. The number of carbonyl (C=O) groups excluding carboxylic acids is 1. The molecule has 112 valence electrons. The fraction of sp³-hybridized carbons (Fsp3) is 0.300. The molecule has 0 saturated heterocycles. The zero-order chi connectivity index (χ0) is 15.8. The SMILES string of the molecule is O=C(Nc1ccccc1F)C(F)(C(F)(F)F)C(F)(F)F. The molecule has 0 bridgehead atoms. The Hall–Kier alpha value is -1.87. The molecule has 20 heavy (non-hydrogen) atoms. The van der Waals surface area contributed by atoms with Crippen molar-refractivity contribution < 1.29 is 39.9 Å². The van der Waals surface area contributed by atoms with Gasteiger partial charge in [0.15, 0.2) is 0 Å². The summed E-state index contributed by atoms with van der Waals surface area (Å²) in [6.45, 7) is 0. The van der Waals surface area contributed by atoms with Crippen molar-refractivity contribution in [3.63, 3.8) is 0 Å². The summed E-state index contributed by atoms with van der Waals surface area (Å²) < 4.78 is 99.5. The largest absolute Gasteiger partial charge is 0.441 e. The van der Waals surface area contributed by atoms with E-state index in [1.807, 2.05) is 0 Å². The van der Waals surface area contributed by atoms with Crippen LogP contribution in [0.2, 0.25) is 0 Å². The molecular weight excluding hydrogens is 302 g/mol. The van der Waals surface area contributed by atoms with Gasteiger partial charge in [-0.1, -0.05) is 12.1 Å².